The molecular weight excluding hydrogens is 306 g/mol. The number of nitrogens with zero attached hydrogens (tertiary/aromatic N) is 3. The van der Waals surface area contributed by atoms with Gasteiger partial charge in [0.1, 0.15) is 0 Å². The normalized spacial score (nSPS) is 12.7. The van der Waals surface area contributed by atoms with Crippen LogP contribution in [0.1, 0.15) is 24.1 Å². The predicted molar refractivity (Wildman–Crippen MR) is 77.0 cm³/mol. The molecule has 0 aliphatic carbocycles. The minimum Gasteiger partial charge on any atom is -0.419 e. The highest BCUT2D eigenvalue weighted by Gasteiger charge is 2.16. The Morgan fingerprint density at radius 2 is 2.05 bits per heavy atom. The smallest absolute Gasteiger partial charge is 0.249 e. The molecule has 0 radical (unpaired) electrons. The fourth-order valence-electron chi connectivity index (χ4n) is 1.92. The van der Waals surface area contributed by atoms with E-state index in [9.17, 15) is 0 Å². The van der Waals surface area contributed by atoms with Crippen LogP contribution in [-0.2, 0) is 0 Å². The molecule has 0 bridgehead atoms. The summed E-state index contributed by atoms with van der Waals surface area (Å²) in [6, 6.07) is 9.86. The van der Waals surface area contributed by atoms with Crippen LogP contribution in [0.4, 0.5) is 0 Å². The van der Waals surface area contributed by atoms with Crippen molar-refractivity contribution in [3.8, 4) is 11.5 Å². The highest BCUT2D eigenvalue weighted by Crippen LogP contribution is 2.30. The van der Waals surface area contributed by atoms with E-state index in [1.54, 1.807) is 6.20 Å². The zero-order valence-electron chi connectivity index (χ0n) is 10.4. The first kappa shape index (κ1) is 12.3. The number of pyridine rings is 1. The second-order valence-electron chi connectivity index (χ2n) is 4.20. The van der Waals surface area contributed by atoms with Gasteiger partial charge >= 0.3 is 0 Å². The second kappa shape index (κ2) is 5.09. The molecule has 1 unspecified atom stereocenters. The molecule has 3 aromatic rings. The van der Waals surface area contributed by atoms with E-state index in [1.165, 1.54) is 0 Å². The minimum absolute atomic E-state index is 0.0942. The average Bonchev–Trinajstić information content (AvgIpc) is 2.95. The van der Waals surface area contributed by atoms with Crippen LogP contribution < -0.4 is 0 Å². The molecule has 0 N–H and O–H groups in total. The van der Waals surface area contributed by atoms with Crippen molar-refractivity contribution >= 4 is 26.8 Å². The molecule has 2 aromatic heterocycles. The van der Waals surface area contributed by atoms with Gasteiger partial charge in [0.05, 0.1) is 15.9 Å². The van der Waals surface area contributed by atoms with Crippen LogP contribution >= 0.6 is 15.9 Å². The zero-order valence-corrected chi connectivity index (χ0v) is 12.0. The lowest BCUT2D eigenvalue weighted by atomic mass is 10.1. The summed E-state index contributed by atoms with van der Waals surface area (Å²) in [6.45, 7) is 2.06. The summed E-state index contributed by atoms with van der Waals surface area (Å²) in [5.74, 6) is 1.11. The lowest BCUT2D eigenvalue weighted by Gasteiger charge is -2.01. The van der Waals surface area contributed by atoms with Crippen LogP contribution in [0.25, 0.3) is 22.4 Å². The molecule has 0 aliphatic rings. The van der Waals surface area contributed by atoms with Crippen LogP contribution in [0, 0.1) is 0 Å². The minimum atomic E-state index is 0.0942. The Labute approximate surface area is 119 Å². The van der Waals surface area contributed by atoms with E-state index in [4.69, 9.17) is 4.42 Å². The predicted octanol–water partition coefficient (Wildman–Crippen LogP) is 4.13. The van der Waals surface area contributed by atoms with E-state index in [-0.39, 0.29) is 4.83 Å². The highest BCUT2D eigenvalue weighted by atomic mass is 79.9. The maximum absolute atomic E-state index is 5.72. The lowest BCUT2D eigenvalue weighted by molar-refractivity contribution is 0.500. The van der Waals surface area contributed by atoms with Gasteiger partial charge in [-0.05, 0) is 18.6 Å². The van der Waals surface area contributed by atoms with E-state index in [0.29, 0.717) is 11.8 Å². The van der Waals surface area contributed by atoms with E-state index < -0.39 is 0 Å². The molecule has 0 spiro atoms. The van der Waals surface area contributed by atoms with Gasteiger partial charge in [-0.25, -0.2) is 0 Å². The summed E-state index contributed by atoms with van der Waals surface area (Å²) < 4.78 is 5.72. The number of halogens is 1. The monoisotopic (exact) mass is 317 g/mol. The maximum atomic E-state index is 5.72. The Hall–Kier alpha value is -1.75. The van der Waals surface area contributed by atoms with Gasteiger partial charge in [0, 0.05) is 11.6 Å². The number of alkyl halides is 1. The third kappa shape index (κ3) is 2.26. The molecule has 5 heteroatoms. The van der Waals surface area contributed by atoms with Crippen molar-refractivity contribution in [2.24, 2.45) is 0 Å². The molecular formula is C14H12BrN3O. The zero-order chi connectivity index (χ0) is 13.2. The number of hydrogen-bond donors (Lipinski definition) is 0. The number of fused-ring (bicyclic) bond motifs is 1. The number of aromatic nitrogens is 3. The van der Waals surface area contributed by atoms with Gasteiger partial charge in [0.2, 0.25) is 11.8 Å². The van der Waals surface area contributed by atoms with E-state index in [2.05, 4.69) is 38.0 Å². The molecule has 0 saturated carbocycles. The van der Waals surface area contributed by atoms with Crippen LogP contribution in [0.15, 0.2) is 40.9 Å². The van der Waals surface area contributed by atoms with E-state index in [0.717, 1.165) is 22.9 Å². The molecule has 4 nitrogen and oxygen atoms in total. The van der Waals surface area contributed by atoms with Gasteiger partial charge in [-0.15, -0.1) is 10.2 Å². The van der Waals surface area contributed by atoms with Crippen molar-refractivity contribution < 1.29 is 4.42 Å². The fraction of sp³-hybridized carbons (Fsp3) is 0.214. The van der Waals surface area contributed by atoms with Crippen LogP contribution in [0.3, 0.4) is 0 Å². The summed E-state index contributed by atoms with van der Waals surface area (Å²) >= 11 is 3.51. The summed E-state index contributed by atoms with van der Waals surface area (Å²) in [5, 5.41) is 9.26. The van der Waals surface area contributed by atoms with Gasteiger partial charge in [-0.3, -0.25) is 4.98 Å². The molecule has 0 aliphatic heterocycles. The number of benzene rings is 1. The Morgan fingerprint density at radius 1 is 1.21 bits per heavy atom. The SMILES string of the molecule is CCC(Br)c1nnc(-c2cccc3cccnc23)o1. The van der Waals surface area contributed by atoms with Gasteiger partial charge in [0.25, 0.3) is 0 Å². The molecule has 0 fully saturated rings. The molecule has 3 rings (SSSR count). The van der Waals surface area contributed by atoms with Gasteiger partial charge < -0.3 is 4.42 Å². The first-order chi connectivity index (χ1) is 9.29. The number of rotatable bonds is 3. The number of para-hydroxylation sites is 1. The van der Waals surface area contributed by atoms with E-state index >= 15 is 0 Å². The Balaban J connectivity index is 2.12. The topological polar surface area (TPSA) is 51.8 Å². The van der Waals surface area contributed by atoms with Crippen LogP contribution in [0.5, 0.6) is 0 Å². The average molecular weight is 318 g/mol. The summed E-state index contributed by atoms with van der Waals surface area (Å²) in [7, 11) is 0. The first-order valence-corrected chi connectivity index (χ1v) is 7.02. The van der Waals surface area contributed by atoms with Crippen molar-refractivity contribution in [1.82, 2.24) is 15.2 Å². The highest BCUT2D eigenvalue weighted by molar-refractivity contribution is 9.09. The van der Waals surface area contributed by atoms with Crippen molar-refractivity contribution in [3.05, 3.63) is 42.4 Å². The van der Waals surface area contributed by atoms with Gasteiger partial charge in [-0.1, -0.05) is 41.1 Å². The summed E-state index contributed by atoms with van der Waals surface area (Å²) in [5.41, 5.74) is 1.75. The molecule has 0 saturated heterocycles. The number of hydrogen-bond acceptors (Lipinski definition) is 4. The van der Waals surface area contributed by atoms with Crippen LogP contribution in [-0.4, -0.2) is 15.2 Å². The Bertz CT molecular complexity index is 705. The third-order valence-electron chi connectivity index (χ3n) is 2.93. The quantitative estimate of drug-likeness (QED) is 0.681. The molecule has 19 heavy (non-hydrogen) atoms. The van der Waals surface area contributed by atoms with Crippen molar-refractivity contribution in [2.45, 2.75) is 18.2 Å². The summed E-state index contributed by atoms with van der Waals surface area (Å²) in [4.78, 5) is 4.49. The van der Waals surface area contributed by atoms with E-state index in [1.807, 2.05) is 30.3 Å². The first-order valence-electron chi connectivity index (χ1n) is 6.11. The lowest BCUT2D eigenvalue weighted by Crippen LogP contribution is -1.86. The molecule has 2 heterocycles. The third-order valence-corrected chi connectivity index (χ3v) is 3.97. The standard InChI is InChI=1S/C14H12BrN3O/c1-2-11(15)14-18-17-13(19-14)10-7-3-5-9-6-4-8-16-12(9)10/h3-8,11H,2H2,1H3. The van der Waals surface area contributed by atoms with Crippen molar-refractivity contribution in [2.75, 3.05) is 0 Å². The largest absolute Gasteiger partial charge is 0.419 e. The van der Waals surface area contributed by atoms with Crippen molar-refractivity contribution in [1.29, 1.82) is 0 Å². The van der Waals surface area contributed by atoms with Crippen molar-refractivity contribution in [3.63, 3.8) is 0 Å². The Morgan fingerprint density at radius 3 is 2.89 bits per heavy atom. The van der Waals surface area contributed by atoms with Gasteiger partial charge in [0.15, 0.2) is 0 Å². The Kier molecular flexibility index (Phi) is 3.29. The second-order valence-corrected chi connectivity index (χ2v) is 5.31. The molecule has 96 valence electrons. The fourth-order valence-corrected chi connectivity index (χ4v) is 2.11. The molecule has 0 amide bonds. The summed E-state index contributed by atoms with van der Waals surface area (Å²) in [6.07, 6.45) is 2.66. The van der Waals surface area contributed by atoms with Crippen LogP contribution in [0.2, 0.25) is 0 Å². The molecule has 1 atom stereocenters. The maximum Gasteiger partial charge on any atom is 0.249 e. The van der Waals surface area contributed by atoms with Gasteiger partial charge in [-0.2, -0.15) is 0 Å². The molecule has 1 aromatic carbocycles.